The average molecular weight is 289 g/mol. The molecule has 0 saturated heterocycles. The Balaban J connectivity index is 2.45. The normalized spacial score (nSPS) is 13.0. The van der Waals surface area contributed by atoms with Crippen LogP contribution in [0.25, 0.3) is 0 Å². The number of rotatable bonds is 7. The summed E-state index contributed by atoms with van der Waals surface area (Å²) >= 11 is 0. The van der Waals surface area contributed by atoms with Crippen molar-refractivity contribution in [3.63, 3.8) is 0 Å². The van der Waals surface area contributed by atoms with E-state index >= 15 is 0 Å². The Kier molecular flexibility index (Phi) is 6.51. The molecule has 1 aromatic carbocycles. The summed E-state index contributed by atoms with van der Waals surface area (Å²) in [6.45, 7) is 0.180. The largest absolute Gasteiger partial charge is 0.396 e. The number of hydrogen-bond acceptors (Lipinski definition) is 2. The molecule has 6 heteroatoms. The van der Waals surface area contributed by atoms with Crippen molar-refractivity contribution in [2.45, 2.75) is 31.4 Å². The van der Waals surface area contributed by atoms with Crippen LogP contribution in [-0.2, 0) is 4.79 Å². The molecule has 1 amide bonds. The van der Waals surface area contributed by atoms with Gasteiger partial charge in [0.25, 0.3) is 0 Å². The fourth-order valence-electron chi connectivity index (χ4n) is 1.85. The fourth-order valence-corrected chi connectivity index (χ4v) is 1.85. The summed E-state index contributed by atoms with van der Waals surface area (Å²) in [4.78, 5) is 11.4. The van der Waals surface area contributed by atoms with Gasteiger partial charge in [0, 0.05) is 25.5 Å². The molecule has 0 aromatic heterocycles. The van der Waals surface area contributed by atoms with E-state index in [0.717, 1.165) is 5.56 Å². The molecule has 0 aliphatic carbocycles. The van der Waals surface area contributed by atoms with Gasteiger partial charge in [-0.25, -0.2) is 0 Å². The van der Waals surface area contributed by atoms with Crippen molar-refractivity contribution < 1.29 is 23.1 Å². The van der Waals surface area contributed by atoms with Crippen molar-refractivity contribution in [2.24, 2.45) is 0 Å². The monoisotopic (exact) mass is 289 g/mol. The lowest BCUT2D eigenvalue weighted by atomic mass is 9.96. The second kappa shape index (κ2) is 7.89. The Morgan fingerprint density at radius 2 is 1.90 bits per heavy atom. The first-order chi connectivity index (χ1) is 9.42. The Labute approximate surface area is 115 Å². The molecule has 3 nitrogen and oxygen atoms in total. The first-order valence-corrected chi connectivity index (χ1v) is 6.41. The molecule has 0 heterocycles. The predicted octanol–water partition coefficient (Wildman–Crippen LogP) is 2.61. The molecular formula is C14H18F3NO2. The predicted molar refractivity (Wildman–Crippen MR) is 69.2 cm³/mol. The SMILES string of the molecule is O=C(CCC(F)(F)F)NCC(CCO)c1ccccc1. The van der Waals surface area contributed by atoms with Crippen LogP contribution in [0.5, 0.6) is 0 Å². The van der Waals surface area contributed by atoms with Crippen LogP contribution in [-0.4, -0.2) is 30.3 Å². The highest BCUT2D eigenvalue weighted by atomic mass is 19.4. The van der Waals surface area contributed by atoms with Crippen LogP contribution in [0.1, 0.15) is 30.7 Å². The maximum Gasteiger partial charge on any atom is 0.389 e. The Morgan fingerprint density at radius 1 is 1.25 bits per heavy atom. The molecule has 20 heavy (non-hydrogen) atoms. The molecule has 0 bridgehead atoms. The van der Waals surface area contributed by atoms with Crippen molar-refractivity contribution in [1.29, 1.82) is 0 Å². The van der Waals surface area contributed by atoms with E-state index in [4.69, 9.17) is 5.11 Å². The smallest absolute Gasteiger partial charge is 0.389 e. The van der Waals surface area contributed by atoms with Crippen LogP contribution < -0.4 is 5.32 Å². The van der Waals surface area contributed by atoms with Gasteiger partial charge in [-0.3, -0.25) is 4.79 Å². The van der Waals surface area contributed by atoms with Gasteiger partial charge < -0.3 is 10.4 Å². The summed E-state index contributed by atoms with van der Waals surface area (Å²) in [6, 6.07) is 9.25. The van der Waals surface area contributed by atoms with Crippen LogP contribution in [0.2, 0.25) is 0 Å². The molecule has 2 N–H and O–H groups in total. The number of halogens is 3. The summed E-state index contributed by atoms with van der Waals surface area (Å²) in [5.74, 6) is -0.725. The van der Waals surface area contributed by atoms with Crippen molar-refractivity contribution in [3.8, 4) is 0 Å². The molecule has 0 aliphatic rings. The van der Waals surface area contributed by atoms with Crippen LogP contribution in [0, 0.1) is 0 Å². The van der Waals surface area contributed by atoms with Gasteiger partial charge >= 0.3 is 6.18 Å². The third kappa shape index (κ3) is 6.56. The zero-order valence-electron chi connectivity index (χ0n) is 11.0. The highest BCUT2D eigenvalue weighted by Crippen LogP contribution is 2.21. The van der Waals surface area contributed by atoms with Gasteiger partial charge in [0.15, 0.2) is 0 Å². The number of alkyl halides is 3. The van der Waals surface area contributed by atoms with Crippen LogP contribution in [0.15, 0.2) is 30.3 Å². The van der Waals surface area contributed by atoms with E-state index in [1.54, 1.807) is 0 Å². The lowest BCUT2D eigenvalue weighted by Crippen LogP contribution is -2.29. The number of nitrogens with one attached hydrogen (secondary N) is 1. The lowest BCUT2D eigenvalue weighted by molar-refractivity contribution is -0.144. The number of carbonyl (C=O) groups is 1. The van der Waals surface area contributed by atoms with Gasteiger partial charge in [-0.05, 0) is 12.0 Å². The molecule has 0 radical (unpaired) electrons. The molecular weight excluding hydrogens is 271 g/mol. The van der Waals surface area contributed by atoms with Crippen molar-refractivity contribution in [1.82, 2.24) is 5.32 Å². The number of amides is 1. The summed E-state index contributed by atoms with van der Waals surface area (Å²) in [6.07, 6.45) is -5.55. The van der Waals surface area contributed by atoms with Crippen molar-refractivity contribution in [2.75, 3.05) is 13.2 Å². The van der Waals surface area contributed by atoms with Crippen LogP contribution in [0.4, 0.5) is 13.2 Å². The molecule has 0 fully saturated rings. The third-order valence-corrected chi connectivity index (χ3v) is 2.93. The van der Waals surface area contributed by atoms with Gasteiger partial charge in [-0.1, -0.05) is 30.3 Å². The van der Waals surface area contributed by atoms with E-state index in [0.29, 0.717) is 6.42 Å². The molecule has 112 valence electrons. The molecule has 0 aliphatic heterocycles. The maximum absolute atomic E-state index is 12.0. The summed E-state index contributed by atoms with van der Waals surface area (Å²) < 4.78 is 36.0. The zero-order chi connectivity index (χ0) is 15.0. The number of carbonyl (C=O) groups excluding carboxylic acids is 1. The molecule has 1 rings (SSSR count). The third-order valence-electron chi connectivity index (χ3n) is 2.93. The minimum atomic E-state index is -4.32. The fraction of sp³-hybridized carbons (Fsp3) is 0.500. The van der Waals surface area contributed by atoms with Gasteiger partial charge in [0.05, 0.1) is 6.42 Å². The first kappa shape index (κ1) is 16.5. The van der Waals surface area contributed by atoms with E-state index in [-0.39, 0.29) is 19.1 Å². The molecule has 1 atom stereocenters. The van der Waals surface area contributed by atoms with Gasteiger partial charge in [-0.15, -0.1) is 0 Å². The highest BCUT2D eigenvalue weighted by Gasteiger charge is 2.27. The minimum Gasteiger partial charge on any atom is -0.396 e. The minimum absolute atomic E-state index is 0.0437. The summed E-state index contributed by atoms with van der Waals surface area (Å²) in [5, 5.41) is 11.5. The second-order valence-corrected chi connectivity index (χ2v) is 4.54. The van der Waals surface area contributed by atoms with Crippen LogP contribution >= 0.6 is 0 Å². The van der Waals surface area contributed by atoms with E-state index in [1.807, 2.05) is 30.3 Å². The first-order valence-electron chi connectivity index (χ1n) is 6.41. The van der Waals surface area contributed by atoms with E-state index in [1.165, 1.54) is 0 Å². The second-order valence-electron chi connectivity index (χ2n) is 4.54. The van der Waals surface area contributed by atoms with Gasteiger partial charge in [-0.2, -0.15) is 13.2 Å². The molecule has 1 aromatic rings. The Bertz CT molecular complexity index is 407. The number of aliphatic hydroxyl groups is 1. The average Bonchev–Trinajstić information content (AvgIpc) is 2.41. The van der Waals surface area contributed by atoms with Gasteiger partial charge in [0.1, 0.15) is 0 Å². The lowest BCUT2D eigenvalue weighted by Gasteiger charge is -2.17. The quantitative estimate of drug-likeness (QED) is 0.810. The van der Waals surface area contributed by atoms with Crippen LogP contribution in [0.3, 0.4) is 0 Å². The molecule has 1 unspecified atom stereocenters. The standard InChI is InChI=1S/C14H18F3NO2/c15-14(16,17)8-6-13(20)18-10-12(7-9-19)11-4-2-1-3-5-11/h1-5,12,19H,6-10H2,(H,18,20). The topological polar surface area (TPSA) is 49.3 Å². The van der Waals surface area contributed by atoms with E-state index in [2.05, 4.69) is 5.32 Å². The molecule has 0 saturated carbocycles. The van der Waals surface area contributed by atoms with Gasteiger partial charge in [0.2, 0.25) is 5.91 Å². The Hall–Kier alpha value is -1.56. The molecule has 0 spiro atoms. The highest BCUT2D eigenvalue weighted by molar-refractivity contribution is 5.75. The van der Waals surface area contributed by atoms with E-state index in [9.17, 15) is 18.0 Å². The zero-order valence-corrected chi connectivity index (χ0v) is 11.0. The van der Waals surface area contributed by atoms with Crippen molar-refractivity contribution >= 4 is 5.91 Å². The summed E-state index contributed by atoms with van der Waals surface area (Å²) in [7, 11) is 0. The number of hydrogen-bond donors (Lipinski definition) is 2. The Morgan fingerprint density at radius 3 is 2.45 bits per heavy atom. The maximum atomic E-state index is 12.0. The number of aliphatic hydroxyl groups excluding tert-OH is 1. The van der Waals surface area contributed by atoms with E-state index < -0.39 is 24.9 Å². The number of benzene rings is 1. The van der Waals surface area contributed by atoms with Crippen molar-refractivity contribution in [3.05, 3.63) is 35.9 Å². The summed E-state index contributed by atoms with van der Waals surface area (Å²) in [5.41, 5.74) is 0.942.